The molecule has 2 heterocycles. The molecule has 0 bridgehead atoms. The molecule has 3 rings (SSSR count). The first kappa shape index (κ1) is 10.6. The molecule has 0 amide bonds. The first-order valence-electron chi connectivity index (χ1n) is 6.02. The number of hydrogen-bond donors (Lipinski definition) is 1. The minimum atomic E-state index is 0.364. The highest BCUT2D eigenvalue weighted by Gasteiger charge is 2.31. The van der Waals surface area contributed by atoms with E-state index in [4.69, 9.17) is 17.3 Å². The van der Waals surface area contributed by atoms with Crippen LogP contribution in [0.1, 0.15) is 30.0 Å². The number of halogens is 1. The van der Waals surface area contributed by atoms with Gasteiger partial charge in [0, 0.05) is 30.2 Å². The summed E-state index contributed by atoms with van der Waals surface area (Å²) in [7, 11) is 0. The average molecular weight is 237 g/mol. The molecule has 3 heteroatoms. The second-order valence-corrected chi connectivity index (χ2v) is 5.37. The van der Waals surface area contributed by atoms with Gasteiger partial charge in [-0.15, -0.1) is 0 Å². The third-order valence-electron chi connectivity index (χ3n) is 3.89. The van der Waals surface area contributed by atoms with Crippen LogP contribution >= 0.6 is 11.6 Å². The van der Waals surface area contributed by atoms with Crippen molar-refractivity contribution in [3.63, 3.8) is 0 Å². The van der Waals surface area contributed by atoms with Crippen molar-refractivity contribution in [2.24, 2.45) is 5.73 Å². The Morgan fingerprint density at radius 3 is 3.06 bits per heavy atom. The molecule has 1 fully saturated rings. The first-order chi connectivity index (χ1) is 7.74. The van der Waals surface area contributed by atoms with Crippen molar-refractivity contribution in [1.82, 2.24) is 4.90 Å². The second-order valence-electron chi connectivity index (χ2n) is 4.93. The number of nitrogens with two attached hydrogens (primary N) is 1. The van der Waals surface area contributed by atoms with Gasteiger partial charge in [0.25, 0.3) is 0 Å². The van der Waals surface area contributed by atoms with E-state index in [1.807, 2.05) is 6.07 Å². The van der Waals surface area contributed by atoms with Gasteiger partial charge in [0.2, 0.25) is 0 Å². The smallest absolute Gasteiger partial charge is 0.0408 e. The molecular formula is C13H17ClN2. The lowest BCUT2D eigenvalue weighted by Gasteiger charge is -2.42. The molecule has 2 aliphatic heterocycles. The maximum absolute atomic E-state index is 6.08. The molecule has 2 unspecified atom stereocenters. The molecule has 2 nitrogen and oxygen atoms in total. The molecule has 2 N–H and O–H groups in total. The van der Waals surface area contributed by atoms with E-state index in [1.54, 1.807) is 0 Å². The normalized spacial score (nSPS) is 29.6. The number of piperidine rings is 1. The molecule has 0 saturated carbocycles. The molecule has 1 aromatic carbocycles. The summed E-state index contributed by atoms with van der Waals surface area (Å²) in [5.41, 5.74) is 8.95. The quantitative estimate of drug-likeness (QED) is 0.750. The van der Waals surface area contributed by atoms with Crippen molar-refractivity contribution in [3.8, 4) is 0 Å². The van der Waals surface area contributed by atoms with Crippen LogP contribution in [0.3, 0.4) is 0 Å². The maximum atomic E-state index is 6.08. The van der Waals surface area contributed by atoms with Gasteiger partial charge in [-0.1, -0.05) is 17.7 Å². The predicted molar refractivity (Wildman–Crippen MR) is 66.7 cm³/mol. The van der Waals surface area contributed by atoms with Gasteiger partial charge in [-0.3, -0.25) is 4.90 Å². The Hall–Kier alpha value is -0.570. The number of rotatable bonds is 0. The highest BCUT2D eigenvalue weighted by Crippen LogP contribution is 2.36. The van der Waals surface area contributed by atoms with Gasteiger partial charge in [-0.25, -0.2) is 0 Å². The summed E-state index contributed by atoms with van der Waals surface area (Å²) in [5.74, 6) is 0. The van der Waals surface area contributed by atoms with E-state index in [9.17, 15) is 0 Å². The van der Waals surface area contributed by atoms with Crippen molar-refractivity contribution in [2.75, 3.05) is 13.1 Å². The van der Waals surface area contributed by atoms with Gasteiger partial charge in [0.05, 0.1) is 0 Å². The summed E-state index contributed by atoms with van der Waals surface area (Å²) in [4.78, 5) is 2.57. The van der Waals surface area contributed by atoms with Crippen LogP contribution in [-0.4, -0.2) is 24.0 Å². The highest BCUT2D eigenvalue weighted by atomic mass is 35.5. The summed E-state index contributed by atoms with van der Waals surface area (Å²) in [6, 6.07) is 7.21. The largest absolute Gasteiger partial charge is 0.328 e. The second kappa shape index (κ2) is 4.02. The predicted octanol–water partition coefficient (Wildman–Crippen LogP) is 2.36. The lowest BCUT2D eigenvalue weighted by atomic mass is 9.85. The van der Waals surface area contributed by atoms with Crippen LogP contribution in [0.15, 0.2) is 18.2 Å². The van der Waals surface area contributed by atoms with Gasteiger partial charge in [0.1, 0.15) is 0 Å². The minimum Gasteiger partial charge on any atom is -0.328 e. The fourth-order valence-electron chi connectivity index (χ4n) is 3.01. The lowest BCUT2D eigenvalue weighted by molar-refractivity contribution is 0.126. The Balaban J connectivity index is 1.97. The molecule has 0 aliphatic carbocycles. The fraction of sp³-hybridized carbons (Fsp3) is 0.538. The van der Waals surface area contributed by atoms with E-state index in [1.165, 1.54) is 11.1 Å². The van der Waals surface area contributed by atoms with Crippen molar-refractivity contribution in [3.05, 3.63) is 34.3 Å². The van der Waals surface area contributed by atoms with Crippen LogP contribution in [0, 0.1) is 0 Å². The lowest BCUT2D eigenvalue weighted by Crippen LogP contribution is -2.45. The standard InChI is InChI=1S/C13H17ClN2/c14-10-1-2-12-9(7-10)3-5-16-6-4-11(15)8-13(12)16/h1-2,7,11,13H,3-6,8,15H2. The van der Waals surface area contributed by atoms with Gasteiger partial charge in [0.15, 0.2) is 0 Å². The summed E-state index contributed by atoms with van der Waals surface area (Å²) in [6.07, 6.45) is 3.36. The Kier molecular flexibility index (Phi) is 2.66. The fourth-order valence-corrected chi connectivity index (χ4v) is 3.21. The van der Waals surface area contributed by atoms with Crippen LogP contribution in [0.2, 0.25) is 5.02 Å². The molecule has 0 spiro atoms. The SMILES string of the molecule is NC1CCN2CCc3cc(Cl)ccc3C2C1. The van der Waals surface area contributed by atoms with Crippen LogP contribution in [-0.2, 0) is 6.42 Å². The molecule has 0 radical (unpaired) electrons. The Morgan fingerprint density at radius 1 is 1.31 bits per heavy atom. The van der Waals surface area contributed by atoms with E-state index < -0.39 is 0 Å². The zero-order valence-corrected chi connectivity index (χ0v) is 10.1. The molecule has 0 aromatic heterocycles. The topological polar surface area (TPSA) is 29.3 Å². The van der Waals surface area contributed by atoms with E-state index in [-0.39, 0.29) is 0 Å². The molecule has 16 heavy (non-hydrogen) atoms. The summed E-state index contributed by atoms with van der Waals surface area (Å²) in [5, 5.41) is 0.854. The van der Waals surface area contributed by atoms with Crippen LogP contribution < -0.4 is 5.73 Å². The Labute approximate surface area is 101 Å². The van der Waals surface area contributed by atoms with E-state index in [0.717, 1.165) is 37.4 Å². The van der Waals surface area contributed by atoms with Gasteiger partial charge in [-0.2, -0.15) is 0 Å². The Morgan fingerprint density at radius 2 is 2.19 bits per heavy atom. The van der Waals surface area contributed by atoms with Crippen molar-refractivity contribution in [2.45, 2.75) is 31.3 Å². The third kappa shape index (κ3) is 1.75. The van der Waals surface area contributed by atoms with Crippen LogP contribution in [0.5, 0.6) is 0 Å². The van der Waals surface area contributed by atoms with Gasteiger partial charge >= 0.3 is 0 Å². The monoisotopic (exact) mass is 236 g/mol. The number of nitrogens with zero attached hydrogens (tertiary/aromatic N) is 1. The maximum Gasteiger partial charge on any atom is 0.0408 e. The zero-order valence-electron chi connectivity index (χ0n) is 9.32. The zero-order chi connectivity index (χ0) is 11.1. The van der Waals surface area contributed by atoms with Crippen LogP contribution in [0.4, 0.5) is 0 Å². The number of benzene rings is 1. The number of fused-ring (bicyclic) bond motifs is 3. The third-order valence-corrected chi connectivity index (χ3v) is 4.12. The summed E-state index contributed by atoms with van der Waals surface area (Å²) >= 11 is 6.04. The van der Waals surface area contributed by atoms with E-state index >= 15 is 0 Å². The van der Waals surface area contributed by atoms with Crippen molar-refractivity contribution in [1.29, 1.82) is 0 Å². The van der Waals surface area contributed by atoms with Crippen LogP contribution in [0.25, 0.3) is 0 Å². The first-order valence-corrected chi connectivity index (χ1v) is 6.40. The molecule has 1 aromatic rings. The number of hydrogen-bond acceptors (Lipinski definition) is 2. The van der Waals surface area contributed by atoms with E-state index in [2.05, 4.69) is 17.0 Å². The summed E-state index contributed by atoms with van der Waals surface area (Å²) < 4.78 is 0. The van der Waals surface area contributed by atoms with E-state index in [0.29, 0.717) is 12.1 Å². The minimum absolute atomic E-state index is 0.364. The molecule has 1 saturated heterocycles. The van der Waals surface area contributed by atoms with Crippen molar-refractivity contribution >= 4 is 11.6 Å². The Bertz CT molecular complexity index is 405. The molecule has 2 atom stereocenters. The molecule has 86 valence electrons. The van der Waals surface area contributed by atoms with Crippen molar-refractivity contribution < 1.29 is 0 Å². The highest BCUT2D eigenvalue weighted by molar-refractivity contribution is 6.30. The molecule has 2 aliphatic rings. The average Bonchev–Trinajstić information content (AvgIpc) is 2.28. The van der Waals surface area contributed by atoms with Gasteiger partial charge in [-0.05, 0) is 42.5 Å². The summed E-state index contributed by atoms with van der Waals surface area (Å²) in [6.45, 7) is 2.30. The molecular weight excluding hydrogens is 220 g/mol. The van der Waals surface area contributed by atoms with Gasteiger partial charge < -0.3 is 5.73 Å².